The van der Waals surface area contributed by atoms with E-state index < -0.39 is 6.10 Å². The predicted molar refractivity (Wildman–Crippen MR) is 115 cm³/mol. The van der Waals surface area contributed by atoms with Gasteiger partial charge in [-0.25, -0.2) is 4.98 Å². The van der Waals surface area contributed by atoms with Crippen LogP contribution in [0, 0.1) is 6.92 Å². The molecular weight excluding hydrogens is 370 g/mol. The normalized spacial score (nSPS) is 16.9. The van der Waals surface area contributed by atoms with Crippen LogP contribution >= 0.6 is 11.3 Å². The number of ether oxygens (including phenoxy) is 1. The molecule has 2 aromatic rings. The second-order valence-corrected chi connectivity index (χ2v) is 8.92. The van der Waals surface area contributed by atoms with Crippen molar-refractivity contribution < 1.29 is 9.84 Å². The van der Waals surface area contributed by atoms with Gasteiger partial charge in [0.1, 0.15) is 18.5 Å². The fraction of sp³-hybridized carbons (Fsp3) is 0.591. The maximum atomic E-state index is 10.4. The number of aliphatic hydroxyl groups is 1. The number of β-amino-alcohol motifs (C(OH)–C–C–N with tert-alkyl or cyclic N) is 1. The molecule has 28 heavy (non-hydrogen) atoms. The number of aryl methyl sites for hydroxylation is 1. The number of nitrogens with zero attached hydrogens (tertiary/aromatic N) is 3. The average molecular weight is 404 g/mol. The third kappa shape index (κ3) is 7.17. The van der Waals surface area contributed by atoms with E-state index in [4.69, 9.17) is 4.74 Å². The molecule has 1 aliphatic heterocycles. The average Bonchev–Trinajstić information content (AvgIpc) is 2.90. The Hall–Kier alpha value is -1.47. The minimum Gasteiger partial charge on any atom is -0.491 e. The summed E-state index contributed by atoms with van der Waals surface area (Å²) >= 11 is 1.69. The van der Waals surface area contributed by atoms with Gasteiger partial charge in [0, 0.05) is 25.0 Å². The van der Waals surface area contributed by atoms with Gasteiger partial charge in [0.15, 0.2) is 0 Å². The molecule has 1 aromatic carbocycles. The molecule has 0 amide bonds. The van der Waals surface area contributed by atoms with Crippen molar-refractivity contribution in [3.8, 4) is 5.75 Å². The number of rotatable bonds is 9. The second-order valence-electron chi connectivity index (χ2n) is 7.86. The summed E-state index contributed by atoms with van der Waals surface area (Å²) in [6, 6.07) is 8.17. The molecule has 0 aliphatic carbocycles. The van der Waals surface area contributed by atoms with Gasteiger partial charge in [0.25, 0.3) is 0 Å². The largest absolute Gasteiger partial charge is 0.491 e. The Labute approximate surface area is 173 Å². The quantitative estimate of drug-likeness (QED) is 0.692. The molecule has 1 aliphatic rings. The fourth-order valence-corrected chi connectivity index (χ4v) is 4.32. The van der Waals surface area contributed by atoms with E-state index in [1.54, 1.807) is 11.3 Å². The Kier molecular flexibility index (Phi) is 8.27. The highest BCUT2D eigenvalue weighted by Gasteiger charge is 2.14. The van der Waals surface area contributed by atoms with E-state index in [0.717, 1.165) is 42.6 Å². The van der Waals surface area contributed by atoms with E-state index in [2.05, 4.69) is 39.3 Å². The van der Waals surface area contributed by atoms with Gasteiger partial charge in [0.2, 0.25) is 0 Å². The van der Waals surface area contributed by atoms with Crippen LogP contribution in [0.1, 0.15) is 41.9 Å². The summed E-state index contributed by atoms with van der Waals surface area (Å²) in [7, 11) is 2.10. The lowest BCUT2D eigenvalue weighted by atomic mass is 10.2. The molecule has 5 nitrogen and oxygen atoms in total. The number of aromatic nitrogens is 1. The van der Waals surface area contributed by atoms with Crippen LogP contribution in [0.2, 0.25) is 0 Å². The van der Waals surface area contributed by atoms with Crippen LogP contribution < -0.4 is 4.74 Å². The first-order valence-electron chi connectivity index (χ1n) is 10.3. The van der Waals surface area contributed by atoms with Crippen LogP contribution in [0.15, 0.2) is 29.6 Å². The maximum absolute atomic E-state index is 10.4. The third-order valence-electron chi connectivity index (χ3n) is 5.06. The van der Waals surface area contributed by atoms with Crippen LogP contribution in [0.4, 0.5) is 0 Å². The zero-order chi connectivity index (χ0) is 19.8. The zero-order valence-electron chi connectivity index (χ0n) is 17.1. The first-order chi connectivity index (χ1) is 13.6. The highest BCUT2D eigenvalue weighted by Crippen LogP contribution is 2.17. The number of aliphatic hydroxyl groups excluding tert-OH is 1. The Balaban J connectivity index is 1.44. The van der Waals surface area contributed by atoms with E-state index >= 15 is 0 Å². The minimum atomic E-state index is -0.447. The molecule has 1 N–H and O–H groups in total. The molecule has 0 spiro atoms. The van der Waals surface area contributed by atoms with Gasteiger partial charge in [0.05, 0.1) is 10.7 Å². The van der Waals surface area contributed by atoms with Gasteiger partial charge >= 0.3 is 0 Å². The smallest absolute Gasteiger partial charge is 0.119 e. The van der Waals surface area contributed by atoms with E-state index in [0.29, 0.717) is 13.2 Å². The molecule has 0 unspecified atom stereocenters. The molecule has 6 heteroatoms. The summed E-state index contributed by atoms with van der Waals surface area (Å²) in [5.41, 5.74) is 2.32. The first kappa shape index (κ1) is 21.2. The number of likely N-dealkylation sites (tertiary alicyclic amines) is 1. The molecule has 1 atom stereocenters. The zero-order valence-corrected chi connectivity index (χ0v) is 18.0. The van der Waals surface area contributed by atoms with Crippen molar-refractivity contribution in [1.82, 2.24) is 14.8 Å². The Bertz CT molecular complexity index is 713. The summed E-state index contributed by atoms with van der Waals surface area (Å²) < 4.78 is 5.88. The topological polar surface area (TPSA) is 48.8 Å². The van der Waals surface area contributed by atoms with Crippen molar-refractivity contribution in [3.63, 3.8) is 0 Å². The minimum absolute atomic E-state index is 0.341. The lowest BCUT2D eigenvalue weighted by Gasteiger charge is -2.23. The van der Waals surface area contributed by atoms with Crippen molar-refractivity contribution in [2.45, 2.75) is 51.8 Å². The first-order valence-corrected chi connectivity index (χ1v) is 11.2. The lowest BCUT2D eigenvalue weighted by Crippen LogP contribution is -2.36. The summed E-state index contributed by atoms with van der Waals surface area (Å²) in [6.07, 6.45) is 4.66. The van der Waals surface area contributed by atoms with Gasteiger partial charge in [-0.05, 0) is 57.6 Å². The summed E-state index contributed by atoms with van der Waals surface area (Å²) in [5.74, 6) is 0.824. The summed E-state index contributed by atoms with van der Waals surface area (Å²) in [5, 5.41) is 13.6. The van der Waals surface area contributed by atoms with Crippen molar-refractivity contribution in [2.75, 3.05) is 33.3 Å². The van der Waals surface area contributed by atoms with Gasteiger partial charge in [-0.2, -0.15) is 0 Å². The van der Waals surface area contributed by atoms with Crippen LogP contribution in [0.3, 0.4) is 0 Å². The van der Waals surface area contributed by atoms with E-state index in [-0.39, 0.29) is 0 Å². The van der Waals surface area contributed by atoms with Crippen molar-refractivity contribution >= 4 is 11.3 Å². The molecule has 0 bridgehead atoms. The van der Waals surface area contributed by atoms with Gasteiger partial charge < -0.3 is 14.7 Å². The standard InChI is InChI=1S/C22H33N3O2S/c1-18-23-20(17-28-18)14-24(2)13-19-8-7-9-22(12-19)27-16-21(26)15-25-10-5-3-4-6-11-25/h7-9,12,17,21,26H,3-6,10-11,13-16H2,1-2H3/t21-/m1/s1. The number of hydrogen-bond acceptors (Lipinski definition) is 6. The SMILES string of the molecule is Cc1nc(CN(C)Cc2cccc(OC[C@H](O)CN3CCCCCC3)c2)cs1. The van der Waals surface area contributed by atoms with Gasteiger partial charge in [-0.15, -0.1) is 11.3 Å². The van der Waals surface area contributed by atoms with Gasteiger partial charge in [-0.3, -0.25) is 4.90 Å². The van der Waals surface area contributed by atoms with Crippen LogP contribution in [-0.4, -0.2) is 59.3 Å². The van der Waals surface area contributed by atoms with E-state index in [1.165, 1.54) is 31.2 Å². The van der Waals surface area contributed by atoms with Gasteiger partial charge in [-0.1, -0.05) is 25.0 Å². The van der Waals surface area contributed by atoms with Crippen LogP contribution in [-0.2, 0) is 13.1 Å². The molecule has 3 rings (SSSR count). The Morgan fingerprint density at radius 1 is 1.21 bits per heavy atom. The molecule has 0 saturated carbocycles. The van der Waals surface area contributed by atoms with Crippen LogP contribution in [0.5, 0.6) is 5.75 Å². The highest BCUT2D eigenvalue weighted by molar-refractivity contribution is 7.09. The summed E-state index contributed by atoms with van der Waals surface area (Å²) in [6.45, 7) is 6.95. The molecule has 1 saturated heterocycles. The highest BCUT2D eigenvalue weighted by atomic mass is 32.1. The molecular formula is C22H33N3O2S. The number of benzene rings is 1. The van der Waals surface area contributed by atoms with Crippen molar-refractivity contribution in [3.05, 3.63) is 45.9 Å². The van der Waals surface area contributed by atoms with Crippen LogP contribution in [0.25, 0.3) is 0 Å². The molecule has 1 aromatic heterocycles. The van der Waals surface area contributed by atoms with Crippen molar-refractivity contribution in [2.24, 2.45) is 0 Å². The molecule has 154 valence electrons. The Morgan fingerprint density at radius 3 is 2.71 bits per heavy atom. The predicted octanol–water partition coefficient (Wildman–Crippen LogP) is 3.70. The third-order valence-corrected chi connectivity index (χ3v) is 5.88. The Morgan fingerprint density at radius 2 is 2.00 bits per heavy atom. The second kappa shape index (κ2) is 10.9. The molecule has 1 fully saturated rings. The summed E-state index contributed by atoms with van der Waals surface area (Å²) in [4.78, 5) is 9.15. The monoisotopic (exact) mass is 403 g/mol. The lowest BCUT2D eigenvalue weighted by molar-refractivity contribution is 0.0693. The van der Waals surface area contributed by atoms with E-state index in [1.807, 2.05) is 19.1 Å². The maximum Gasteiger partial charge on any atom is 0.119 e. The molecule has 2 heterocycles. The number of hydrogen-bond donors (Lipinski definition) is 1. The number of thiazole rings is 1. The van der Waals surface area contributed by atoms with E-state index in [9.17, 15) is 5.11 Å². The molecule has 0 radical (unpaired) electrons. The fourth-order valence-electron chi connectivity index (χ4n) is 3.72. The van der Waals surface area contributed by atoms with Crippen molar-refractivity contribution in [1.29, 1.82) is 0 Å².